The second-order valence-electron chi connectivity index (χ2n) is 5.29. The standard InChI is InChI=1S/C17H31BrO2/c1-20-17(19)15-13-11-9-7-5-3-2-4-6-8-10-12-14-16-18/h13,15H,2-12,14,16H2,1H3/b15-13+. The zero-order valence-electron chi connectivity index (χ0n) is 13.0. The highest BCUT2D eigenvalue weighted by Gasteiger charge is 1.93. The molecule has 0 fully saturated rings. The number of carbonyl (C=O) groups excluding carboxylic acids is 1. The minimum Gasteiger partial charge on any atom is -0.466 e. The quantitative estimate of drug-likeness (QED) is 0.172. The van der Waals surface area contributed by atoms with Crippen LogP contribution in [0.4, 0.5) is 0 Å². The van der Waals surface area contributed by atoms with Crippen molar-refractivity contribution in [3.05, 3.63) is 12.2 Å². The monoisotopic (exact) mass is 346 g/mol. The maximum Gasteiger partial charge on any atom is 0.330 e. The number of hydrogen-bond donors (Lipinski definition) is 0. The molecule has 0 aliphatic heterocycles. The maximum absolute atomic E-state index is 10.8. The molecule has 0 aromatic carbocycles. The molecule has 3 heteroatoms. The third-order valence-electron chi connectivity index (χ3n) is 3.46. The van der Waals surface area contributed by atoms with Crippen LogP contribution in [0.5, 0.6) is 0 Å². The van der Waals surface area contributed by atoms with E-state index in [4.69, 9.17) is 0 Å². The van der Waals surface area contributed by atoms with Crippen molar-refractivity contribution in [1.82, 2.24) is 0 Å². The van der Waals surface area contributed by atoms with E-state index in [1.807, 2.05) is 6.08 Å². The Kier molecular flexibility index (Phi) is 16.5. The summed E-state index contributed by atoms with van der Waals surface area (Å²) in [5.74, 6) is -0.249. The fourth-order valence-corrected chi connectivity index (χ4v) is 2.59. The van der Waals surface area contributed by atoms with E-state index in [1.165, 1.54) is 83.8 Å². The average molecular weight is 347 g/mol. The smallest absolute Gasteiger partial charge is 0.330 e. The van der Waals surface area contributed by atoms with Crippen molar-refractivity contribution in [2.75, 3.05) is 12.4 Å². The molecule has 0 atom stereocenters. The average Bonchev–Trinajstić information content (AvgIpc) is 2.47. The number of carbonyl (C=O) groups is 1. The topological polar surface area (TPSA) is 26.3 Å². The van der Waals surface area contributed by atoms with Crippen LogP contribution in [0.1, 0.15) is 77.0 Å². The molecule has 0 N–H and O–H groups in total. The van der Waals surface area contributed by atoms with Gasteiger partial charge in [0.15, 0.2) is 0 Å². The van der Waals surface area contributed by atoms with Gasteiger partial charge in [0, 0.05) is 11.4 Å². The summed E-state index contributed by atoms with van der Waals surface area (Å²) in [6.45, 7) is 0. The summed E-state index contributed by atoms with van der Waals surface area (Å²) in [7, 11) is 1.41. The Bertz CT molecular complexity index is 239. The van der Waals surface area contributed by atoms with Gasteiger partial charge in [0.1, 0.15) is 0 Å². The Morgan fingerprint density at radius 3 is 1.75 bits per heavy atom. The predicted molar refractivity (Wildman–Crippen MR) is 90.4 cm³/mol. The first-order chi connectivity index (χ1) is 9.81. The van der Waals surface area contributed by atoms with Gasteiger partial charge in [0.05, 0.1) is 7.11 Å². The maximum atomic E-state index is 10.8. The lowest BCUT2D eigenvalue weighted by atomic mass is 10.1. The Balaban J connectivity index is 3.06. The molecule has 0 aliphatic rings. The lowest BCUT2D eigenvalue weighted by molar-refractivity contribution is -0.134. The first kappa shape index (κ1) is 19.7. The van der Waals surface area contributed by atoms with Crippen LogP contribution in [0.3, 0.4) is 0 Å². The van der Waals surface area contributed by atoms with Crippen molar-refractivity contribution in [2.45, 2.75) is 77.0 Å². The van der Waals surface area contributed by atoms with Gasteiger partial charge in [-0.1, -0.05) is 79.8 Å². The lowest BCUT2D eigenvalue weighted by Gasteiger charge is -2.02. The number of ether oxygens (including phenoxy) is 1. The molecule has 0 bridgehead atoms. The second-order valence-corrected chi connectivity index (χ2v) is 6.09. The molecule has 0 amide bonds. The van der Waals surface area contributed by atoms with Gasteiger partial charge in [-0.05, 0) is 19.3 Å². The van der Waals surface area contributed by atoms with E-state index in [9.17, 15) is 4.79 Å². The fourth-order valence-electron chi connectivity index (χ4n) is 2.20. The van der Waals surface area contributed by atoms with Gasteiger partial charge in [-0.15, -0.1) is 0 Å². The van der Waals surface area contributed by atoms with Crippen LogP contribution in [0, 0.1) is 0 Å². The highest BCUT2D eigenvalue weighted by molar-refractivity contribution is 9.09. The molecule has 0 unspecified atom stereocenters. The molecule has 0 saturated carbocycles. The Morgan fingerprint density at radius 1 is 0.850 bits per heavy atom. The number of alkyl halides is 1. The van der Waals surface area contributed by atoms with Gasteiger partial charge in [0.2, 0.25) is 0 Å². The summed E-state index contributed by atoms with van der Waals surface area (Å²) in [5, 5.41) is 1.15. The molecule has 0 heterocycles. The van der Waals surface area contributed by atoms with E-state index < -0.39 is 0 Å². The minimum atomic E-state index is -0.249. The van der Waals surface area contributed by atoms with E-state index in [0.29, 0.717) is 0 Å². The first-order valence-corrected chi connectivity index (χ1v) is 9.24. The van der Waals surface area contributed by atoms with Crippen LogP contribution in [0.2, 0.25) is 0 Å². The number of esters is 1. The molecule has 0 saturated heterocycles. The van der Waals surface area contributed by atoms with E-state index in [1.54, 1.807) is 0 Å². The summed E-state index contributed by atoms with van der Waals surface area (Å²) in [6.07, 6.45) is 19.3. The van der Waals surface area contributed by atoms with E-state index >= 15 is 0 Å². The Hall–Kier alpha value is -0.310. The Morgan fingerprint density at radius 2 is 1.30 bits per heavy atom. The highest BCUT2D eigenvalue weighted by Crippen LogP contribution is 2.12. The van der Waals surface area contributed by atoms with Gasteiger partial charge in [0.25, 0.3) is 0 Å². The van der Waals surface area contributed by atoms with Crippen molar-refractivity contribution in [3.8, 4) is 0 Å². The molecule has 0 rings (SSSR count). The van der Waals surface area contributed by atoms with Crippen molar-refractivity contribution in [3.63, 3.8) is 0 Å². The van der Waals surface area contributed by atoms with E-state index in [0.717, 1.165) is 11.8 Å². The summed E-state index contributed by atoms with van der Waals surface area (Å²) >= 11 is 3.47. The lowest BCUT2D eigenvalue weighted by Crippen LogP contribution is -1.93. The van der Waals surface area contributed by atoms with Gasteiger partial charge in [-0.2, -0.15) is 0 Å². The molecule has 2 nitrogen and oxygen atoms in total. The van der Waals surface area contributed by atoms with Gasteiger partial charge in [-0.25, -0.2) is 4.79 Å². The molecular formula is C17H31BrO2. The molecule has 0 aliphatic carbocycles. The van der Waals surface area contributed by atoms with Crippen molar-refractivity contribution >= 4 is 21.9 Å². The number of rotatable bonds is 14. The number of hydrogen-bond acceptors (Lipinski definition) is 2. The SMILES string of the molecule is COC(=O)/C=C/CCCCCCCCCCCCCBr. The molecule has 20 heavy (non-hydrogen) atoms. The van der Waals surface area contributed by atoms with Crippen molar-refractivity contribution < 1.29 is 9.53 Å². The van der Waals surface area contributed by atoms with Crippen LogP contribution in [-0.4, -0.2) is 18.4 Å². The van der Waals surface area contributed by atoms with Crippen molar-refractivity contribution in [1.29, 1.82) is 0 Å². The number of unbranched alkanes of at least 4 members (excludes halogenated alkanes) is 11. The zero-order chi connectivity index (χ0) is 14.9. The molecular weight excluding hydrogens is 316 g/mol. The molecule has 0 spiro atoms. The molecule has 118 valence electrons. The number of halogens is 1. The third-order valence-corrected chi connectivity index (χ3v) is 4.02. The summed E-state index contributed by atoms with van der Waals surface area (Å²) in [6, 6.07) is 0. The summed E-state index contributed by atoms with van der Waals surface area (Å²) in [4.78, 5) is 10.8. The zero-order valence-corrected chi connectivity index (χ0v) is 14.6. The second kappa shape index (κ2) is 16.7. The molecule has 0 aromatic heterocycles. The van der Waals surface area contributed by atoms with Crippen LogP contribution in [0.25, 0.3) is 0 Å². The largest absolute Gasteiger partial charge is 0.466 e. The first-order valence-electron chi connectivity index (χ1n) is 8.11. The summed E-state index contributed by atoms with van der Waals surface area (Å²) < 4.78 is 4.54. The van der Waals surface area contributed by atoms with E-state index in [-0.39, 0.29) is 5.97 Å². The van der Waals surface area contributed by atoms with E-state index in [2.05, 4.69) is 20.7 Å². The van der Waals surface area contributed by atoms with Gasteiger partial charge in [-0.3, -0.25) is 0 Å². The normalized spacial score (nSPS) is 11.1. The molecule has 0 aromatic rings. The Labute approximate surface area is 133 Å². The van der Waals surface area contributed by atoms with Gasteiger partial charge >= 0.3 is 5.97 Å². The summed E-state index contributed by atoms with van der Waals surface area (Å²) in [5.41, 5.74) is 0. The minimum absolute atomic E-state index is 0.249. The highest BCUT2D eigenvalue weighted by atomic mass is 79.9. The molecule has 0 radical (unpaired) electrons. The van der Waals surface area contributed by atoms with Crippen LogP contribution < -0.4 is 0 Å². The van der Waals surface area contributed by atoms with Crippen LogP contribution in [0.15, 0.2) is 12.2 Å². The number of methoxy groups -OCH3 is 1. The van der Waals surface area contributed by atoms with Gasteiger partial charge < -0.3 is 4.74 Å². The third kappa shape index (κ3) is 15.7. The van der Waals surface area contributed by atoms with Crippen LogP contribution in [-0.2, 0) is 9.53 Å². The number of allylic oxidation sites excluding steroid dienone is 1. The van der Waals surface area contributed by atoms with Crippen LogP contribution >= 0.6 is 15.9 Å². The van der Waals surface area contributed by atoms with Crippen molar-refractivity contribution in [2.24, 2.45) is 0 Å². The predicted octanol–water partition coefficient (Wildman–Crippen LogP) is 5.79. The fraction of sp³-hybridized carbons (Fsp3) is 0.824.